The Morgan fingerprint density at radius 2 is 0.970 bits per heavy atom. The van der Waals surface area contributed by atoms with Crippen LogP contribution >= 0.6 is 0 Å². The molecule has 310 valence electrons. The van der Waals surface area contributed by atoms with Gasteiger partial charge in [0.2, 0.25) is 5.95 Å². The fourth-order valence-electron chi connectivity index (χ4n) is 10.9. The Labute approximate surface area is 380 Å². The van der Waals surface area contributed by atoms with Gasteiger partial charge < -0.3 is 8.98 Å². The Hall–Kier alpha value is -8.54. The molecule has 0 saturated carbocycles. The van der Waals surface area contributed by atoms with E-state index in [0.29, 0.717) is 5.95 Å². The maximum Gasteiger partial charge on any atom is 0.235 e. The van der Waals surface area contributed by atoms with Crippen molar-refractivity contribution in [3.8, 4) is 56.4 Å². The first kappa shape index (κ1) is 36.9. The van der Waals surface area contributed by atoms with Gasteiger partial charge in [-0.25, -0.2) is 9.97 Å². The fourth-order valence-corrected chi connectivity index (χ4v) is 10.9. The summed E-state index contributed by atoms with van der Waals surface area (Å²) in [6, 6.07) is 74.1. The molecule has 5 nitrogen and oxygen atoms in total. The van der Waals surface area contributed by atoms with E-state index in [1.54, 1.807) is 0 Å². The normalized spacial score (nSPS) is 13.1. The van der Waals surface area contributed by atoms with Crippen LogP contribution in [0.2, 0.25) is 0 Å². The van der Waals surface area contributed by atoms with Crippen LogP contribution in [0.25, 0.3) is 122 Å². The van der Waals surface area contributed by atoms with Crippen molar-refractivity contribution in [2.24, 2.45) is 0 Å². The predicted molar refractivity (Wildman–Crippen MR) is 272 cm³/mol. The number of para-hydroxylation sites is 2. The molecule has 0 saturated heterocycles. The van der Waals surface area contributed by atoms with Crippen molar-refractivity contribution < 1.29 is 4.42 Å². The number of nitrogens with zero attached hydrogens (tertiary/aromatic N) is 4. The first-order valence-electron chi connectivity index (χ1n) is 22.6. The number of benzene rings is 9. The van der Waals surface area contributed by atoms with E-state index in [-0.39, 0.29) is 5.41 Å². The van der Waals surface area contributed by atoms with Gasteiger partial charge >= 0.3 is 0 Å². The molecule has 0 bridgehead atoms. The molecular formula is C61H40N4O. The molecule has 66 heavy (non-hydrogen) atoms. The molecule has 0 radical (unpaired) electrons. The van der Waals surface area contributed by atoms with Crippen molar-refractivity contribution in [1.82, 2.24) is 19.1 Å². The summed E-state index contributed by atoms with van der Waals surface area (Å²) in [5, 5.41) is 6.90. The van der Waals surface area contributed by atoms with Gasteiger partial charge in [0.15, 0.2) is 0 Å². The van der Waals surface area contributed by atoms with Gasteiger partial charge in [0.1, 0.15) is 11.2 Å². The summed E-state index contributed by atoms with van der Waals surface area (Å²) in [4.78, 5) is 10.7. The number of rotatable bonds is 5. The Bertz CT molecular complexity index is 4060. The van der Waals surface area contributed by atoms with E-state index in [9.17, 15) is 0 Å². The van der Waals surface area contributed by atoms with Crippen LogP contribution in [0.3, 0.4) is 0 Å². The lowest BCUT2D eigenvalue weighted by Crippen LogP contribution is -2.14. The van der Waals surface area contributed by atoms with Crippen molar-refractivity contribution in [1.29, 1.82) is 0 Å². The second-order valence-electron chi connectivity index (χ2n) is 18.2. The van der Waals surface area contributed by atoms with Gasteiger partial charge in [-0.2, -0.15) is 0 Å². The Morgan fingerprint density at radius 3 is 1.74 bits per heavy atom. The van der Waals surface area contributed by atoms with Crippen molar-refractivity contribution in [2.45, 2.75) is 19.3 Å². The highest BCUT2D eigenvalue weighted by molar-refractivity contribution is 6.18. The molecule has 4 aromatic heterocycles. The van der Waals surface area contributed by atoms with E-state index in [1.165, 1.54) is 44.1 Å². The lowest BCUT2D eigenvalue weighted by Gasteiger charge is -2.21. The summed E-state index contributed by atoms with van der Waals surface area (Å²) in [6.07, 6.45) is 0. The van der Waals surface area contributed by atoms with Crippen LogP contribution in [-0.2, 0) is 5.41 Å². The maximum absolute atomic E-state index is 6.54. The Kier molecular flexibility index (Phi) is 7.68. The maximum atomic E-state index is 6.54. The molecule has 1 aliphatic carbocycles. The van der Waals surface area contributed by atoms with Crippen LogP contribution in [0.5, 0.6) is 0 Å². The van der Waals surface area contributed by atoms with Crippen molar-refractivity contribution >= 4 is 65.6 Å². The summed E-state index contributed by atoms with van der Waals surface area (Å²) in [5.41, 5.74) is 18.6. The first-order valence-corrected chi connectivity index (χ1v) is 22.6. The van der Waals surface area contributed by atoms with Crippen LogP contribution in [0.1, 0.15) is 25.0 Å². The van der Waals surface area contributed by atoms with Crippen molar-refractivity contribution in [3.05, 3.63) is 217 Å². The Balaban J connectivity index is 1.02. The third kappa shape index (κ3) is 5.34. The second kappa shape index (κ2) is 13.7. The topological polar surface area (TPSA) is 48.8 Å². The van der Waals surface area contributed by atoms with Gasteiger partial charge in [-0.05, 0) is 94.0 Å². The summed E-state index contributed by atoms with van der Waals surface area (Å²) >= 11 is 0. The van der Waals surface area contributed by atoms with Crippen LogP contribution in [-0.4, -0.2) is 19.1 Å². The van der Waals surface area contributed by atoms with Gasteiger partial charge in [-0.1, -0.05) is 153 Å². The molecular weight excluding hydrogens is 805 g/mol. The average Bonchev–Trinajstić information content (AvgIpc) is 4.07. The highest BCUT2D eigenvalue weighted by Crippen LogP contribution is 2.51. The average molecular weight is 845 g/mol. The minimum Gasteiger partial charge on any atom is -0.456 e. The van der Waals surface area contributed by atoms with Gasteiger partial charge in [-0.15, -0.1) is 0 Å². The monoisotopic (exact) mass is 844 g/mol. The number of furan rings is 1. The molecule has 0 aliphatic heterocycles. The molecule has 0 amide bonds. The summed E-state index contributed by atoms with van der Waals surface area (Å²) in [5.74, 6) is 0.602. The standard InChI is InChI=1S/C61H40N4O/c1-61(2)50-24-14-12-22-42(50)45-32-47-43-28-26-40(31-55(43)64(56(47)34-51(45)61)41-20-10-5-11-21-41)39-27-29-54-46(30-39)48-33-49-44-23-13-15-25-58(44)66-59(49)36-57(48)65(54)60-62-52(37-16-6-3-7-17-37)35-53(63-60)38-18-8-4-9-19-38/h3-36H,1-2H3. The number of hydrogen-bond acceptors (Lipinski definition) is 3. The molecule has 0 fully saturated rings. The highest BCUT2D eigenvalue weighted by atomic mass is 16.3. The van der Waals surface area contributed by atoms with Gasteiger partial charge in [0.05, 0.1) is 33.5 Å². The molecule has 0 unspecified atom stereocenters. The highest BCUT2D eigenvalue weighted by Gasteiger charge is 2.36. The number of hydrogen-bond donors (Lipinski definition) is 0. The largest absolute Gasteiger partial charge is 0.456 e. The van der Waals surface area contributed by atoms with E-state index in [2.05, 4.69) is 205 Å². The van der Waals surface area contributed by atoms with Crippen LogP contribution in [0.15, 0.2) is 211 Å². The minimum absolute atomic E-state index is 0.108. The quantitative estimate of drug-likeness (QED) is 0.173. The molecule has 0 atom stereocenters. The molecule has 1 aliphatic rings. The Morgan fingerprint density at radius 1 is 0.364 bits per heavy atom. The molecule has 4 heterocycles. The molecule has 9 aromatic carbocycles. The molecule has 0 N–H and O–H groups in total. The summed E-state index contributed by atoms with van der Waals surface area (Å²) in [6.45, 7) is 4.72. The van der Waals surface area contributed by atoms with E-state index < -0.39 is 0 Å². The predicted octanol–water partition coefficient (Wildman–Crippen LogP) is 15.9. The van der Waals surface area contributed by atoms with Crippen molar-refractivity contribution in [2.75, 3.05) is 0 Å². The smallest absolute Gasteiger partial charge is 0.235 e. The number of fused-ring (bicyclic) bond motifs is 12. The molecule has 0 spiro atoms. The zero-order valence-corrected chi connectivity index (χ0v) is 36.3. The van der Waals surface area contributed by atoms with E-state index in [0.717, 1.165) is 83.1 Å². The summed E-state index contributed by atoms with van der Waals surface area (Å²) in [7, 11) is 0. The molecule has 14 rings (SSSR count). The zero-order valence-electron chi connectivity index (χ0n) is 36.3. The number of aromatic nitrogens is 4. The van der Waals surface area contributed by atoms with E-state index in [1.807, 2.05) is 24.3 Å². The van der Waals surface area contributed by atoms with Gasteiger partial charge in [0, 0.05) is 60.6 Å². The first-order chi connectivity index (χ1) is 32.5. The molecule has 5 heteroatoms. The van der Waals surface area contributed by atoms with Crippen LogP contribution in [0, 0.1) is 0 Å². The summed E-state index contributed by atoms with van der Waals surface area (Å²) < 4.78 is 11.2. The fraction of sp³-hybridized carbons (Fsp3) is 0.0492. The third-order valence-corrected chi connectivity index (χ3v) is 14.1. The van der Waals surface area contributed by atoms with Crippen LogP contribution in [0.4, 0.5) is 0 Å². The SMILES string of the molecule is CC1(C)c2ccccc2-c2cc3c4ccc(-c5ccc6c(c5)c5cc7c(cc5n6-c5nc(-c6ccccc6)cc(-c6ccccc6)n5)oc5ccccc57)cc4n(-c4ccccc4)c3cc21. The van der Waals surface area contributed by atoms with Crippen molar-refractivity contribution in [3.63, 3.8) is 0 Å². The third-order valence-electron chi connectivity index (χ3n) is 14.1. The minimum atomic E-state index is -0.108. The molecule has 13 aromatic rings. The van der Waals surface area contributed by atoms with Gasteiger partial charge in [0.25, 0.3) is 0 Å². The van der Waals surface area contributed by atoms with Gasteiger partial charge in [-0.3, -0.25) is 4.57 Å². The second-order valence-corrected chi connectivity index (χ2v) is 18.2. The lowest BCUT2D eigenvalue weighted by atomic mass is 9.82. The lowest BCUT2D eigenvalue weighted by molar-refractivity contribution is 0.661. The van der Waals surface area contributed by atoms with E-state index in [4.69, 9.17) is 14.4 Å². The zero-order chi connectivity index (χ0) is 43.7. The van der Waals surface area contributed by atoms with E-state index >= 15 is 0 Å². The van der Waals surface area contributed by atoms with Crippen LogP contribution < -0.4 is 0 Å².